The quantitative estimate of drug-likeness (QED) is 0.553. The molecule has 2 aromatic rings. The van der Waals surface area contributed by atoms with Crippen LogP contribution in [0.25, 0.3) is 0 Å². The molecule has 2 aromatic carbocycles. The Balaban J connectivity index is 1.45. The number of hydrogen-bond acceptors (Lipinski definition) is 5. The summed E-state index contributed by atoms with van der Waals surface area (Å²) < 4.78 is 46.8. The smallest absolute Gasteiger partial charge is 0.420 e. The van der Waals surface area contributed by atoms with Gasteiger partial charge in [-0.1, -0.05) is 38.6 Å². The number of carbonyl (C=O) groups is 1. The molecule has 0 spiro atoms. The van der Waals surface area contributed by atoms with Crippen molar-refractivity contribution in [1.29, 1.82) is 0 Å². The summed E-state index contributed by atoms with van der Waals surface area (Å²) in [5.74, 6) is 0.685. The number of hydrazone groups is 1. The van der Waals surface area contributed by atoms with Crippen LogP contribution in [0.1, 0.15) is 40.9 Å². The van der Waals surface area contributed by atoms with E-state index in [4.69, 9.17) is 4.74 Å². The number of ketones is 1. The van der Waals surface area contributed by atoms with Gasteiger partial charge in [0.25, 0.3) is 0 Å². The number of rotatable bonds is 7. The maximum absolute atomic E-state index is 13.7. The zero-order valence-corrected chi connectivity index (χ0v) is 19.1. The SMILES string of the molecule is C=C1NN=CC(N2Cc3cccc(CCOc4ccc(C(=O)C(C)C)cc4)c3C2)=C1C(F)(F)F. The first-order valence-corrected chi connectivity index (χ1v) is 11.1. The molecule has 0 aromatic heterocycles. The van der Waals surface area contributed by atoms with E-state index in [1.807, 2.05) is 32.0 Å². The summed E-state index contributed by atoms with van der Waals surface area (Å²) in [5.41, 5.74) is 4.97. The molecule has 0 bridgehead atoms. The minimum absolute atomic E-state index is 0.0192. The number of ether oxygens (including phenoxy) is 1. The number of halogens is 3. The Hall–Kier alpha value is -3.55. The number of hydrogen-bond donors (Lipinski definition) is 1. The van der Waals surface area contributed by atoms with Gasteiger partial charge in [-0.25, -0.2) is 0 Å². The Labute approximate surface area is 196 Å². The zero-order chi connectivity index (χ0) is 24.5. The van der Waals surface area contributed by atoms with E-state index in [2.05, 4.69) is 17.1 Å². The van der Waals surface area contributed by atoms with Crippen molar-refractivity contribution in [3.8, 4) is 5.75 Å². The van der Waals surface area contributed by atoms with Crippen molar-refractivity contribution in [3.05, 3.63) is 88.3 Å². The fraction of sp³-hybridized carbons (Fsp3) is 0.308. The van der Waals surface area contributed by atoms with E-state index in [9.17, 15) is 18.0 Å². The third kappa shape index (κ3) is 4.85. The predicted octanol–water partition coefficient (Wildman–Crippen LogP) is 5.38. The number of nitrogens with one attached hydrogen (secondary N) is 1. The Kier molecular flexibility index (Phi) is 6.50. The molecule has 5 nitrogen and oxygen atoms in total. The summed E-state index contributed by atoms with van der Waals surface area (Å²) >= 11 is 0. The second-order valence-electron chi connectivity index (χ2n) is 8.66. The van der Waals surface area contributed by atoms with Crippen LogP contribution in [0.3, 0.4) is 0 Å². The highest BCUT2D eigenvalue weighted by atomic mass is 19.4. The van der Waals surface area contributed by atoms with Crippen molar-refractivity contribution in [2.45, 2.75) is 39.5 Å². The molecular weight excluding hydrogens is 443 g/mol. The Morgan fingerprint density at radius 1 is 1.18 bits per heavy atom. The Bertz CT molecular complexity index is 1160. The van der Waals surface area contributed by atoms with Crippen LogP contribution in [-0.2, 0) is 19.5 Å². The molecule has 4 rings (SSSR count). The lowest BCUT2D eigenvalue weighted by Crippen LogP contribution is -2.31. The van der Waals surface area contributed by atoms with Crippen LogP contribution in [0.2, 0.25) is 0 Å². The number of Topliss-reactive ketones (excluding diaryl/α,β-unsaturated/α-hetero) is 1. The van der Waals surface area contributed by atoms with Gasteiger partial charge in [0.15, 0.2) is 5.78 Å². The summed E-state index contributed by atoms with van der Waals surface area (Å²) in [6.45, 7) is 8.33. The summed E-state index contributed by atoms with van der Waals surface area (Å²) in [6, 6.07) is 12.9. The van der Waals surface area contributed by atoms with Gasteiger partial charge in [-0.2, -0.15) is 18.3 Å². The number of fused-ring (bicyclic) bond motifs is 1. The summed E-state index contributed by atoms with van der Waals surface area (Å²) in [7, 11) is 0. The van der Waals surface area contributed by atoms with E-state index >= 15 is 0 Å². The summed E-state index contributed by atoms with van der Waals surface area (Å²) in [6.07, 6.45) is -2.72. The van der Waals surface area contributed by atoms with E-state index in [-0.39, 0.29) is 23.1 Å². The molecule has 8 heteroatoms. The third-order valence-corrected chi connectivity index (χ3v) is 5.95. The van der Waals surface area contributed by atoms with Gasteiger partial charge < -0.3 is 9.64 Å². The highest BCUT2D eigenvalue weighted by Gasteiger charge is 2.41. The standard InChI is InChI=1S/C26H26F3N3O2/c1-16(2)25(33)19-7-9-21(10-8-19)34-12-11-18-5-4-6-20-14-32(15-22(18)20)23-13-30-31-17(3)24(23)26(27,28)29/h4-10,13,16,31H,3,11-12,14-15H2,1-2H3. The van der Waals surface area contributed by atoms with Gasteiger partial charge in [-0.3, -0.25) is 10.2 Å². The van der Waals surface area contributed by atoms with E-state index in [0.29, 0.717) is 37.4 Å². The molecule has 1 N–H and O–H groups in total. The third-order valence-electron chi connectivity index (χ3n) is 5.95. The maximum Gasteiger partial charge on any atom is 0.420 e. The van der Waals surface area contributed by atoms with Gasteiger partial charge in [-0.05, 0) is 41.0 Å². The number of carbonyl (C=O) groups excluding carboxylic acids is 1. The first-order valence-electron chi connectivity index (χ1n) is 11.1. The zero-order valence-electron chi connectivity index (χ0n) is 19.1. The molecule has 34 heavy (non-hydrogen) atoms. The Morgan fingerprint density at radius 2 is 1.91 bits per heavy atom. The van der Waals surface area contributed by atoms with Crippen molar-refractivity contribution < 1.29 is 22.7 Å². The monoisotopic (exact) mass is 469 g/mol. The van der Waals surface area contributed by atoms with Crippen LogP contribution in [-0.4, -0.2) is 29.7 Å². The lowest BCUT2D eigenvalue weighted by Gasteiger charge is -2.27. The molecule has 0 radical (unpaired) electrons. The van der Waals surface area contributed by atoms with Gasteiger partial charge in [0, 0.05) is 31.0 Å². The van der Waals surface area contributed by atoms with E-state index in [1.165, 1.54) is 6.21 Å². The average Bonchev–Trinajstić information content (AvgIpc) is 3.23. The minimum Gasteiger partial charge on any atom is -0.493 e. The van der Waals surface area contributed by atoms with Crippen LogP contribution in [0, 0.1) is 5.92 Å². The van der Waals surface area contributed by atoms with Crippen LogP contribution < -0.4 is 10.2 Å². The molecule has 178 valence electrons. The normalized spacial score (nSPS) is 15.6. The first kappa shape index (κ1) is 23.6. The van der Waals surface area contributed by atoms with Crippen molar-refractivity contribution in [3.63, 3.8) is 0 Å². The van der Waals surface area contributed by atoms with E-state index in [0.717, 1.165) is 16.7 Å². The van der Waals surface area contributed by atoms with E-state index < -0.39 is 11.7 Å². The number of benzene rings is 2. The molecule has 2 aliphatic rings. The predicted molar refractivity (Wildman–Crippen MR) is 124 cm³/mol. The Morgan fingerprint density at radius 3 is 2.59 bits per heavy atom. The van der Waals surface area contributed by atoms with Crippen molar-refractivity contribution in [2.75, 3.05) is 6.61 Å². The van der Waals surface area contributed by atoms with E-state index in [1.54, 1.807) is 29.2 Å². The molecule has 0 amide bonds. The largest absolute Gasteiger partial charge is 0.493 e. The molecule has 2 heterocycles. The lowest BCUT2D eigenvalue weighted by molar-refractivity contribution is -0.0916. The van der Waals surface area contributed by atoms with Crippen LogP contribution in [0.15, 0.2) is 71.1 Å². The second kappa shape index (κ2) is 9.37. The van der Waals surface area contributed by atoms with Crippen LogP contribution >= 0.6 is 0 Å². The molecule has 0 saturated heterocycles. The second-order valence-corrected chi connectivity index (χ2v) is 8.66. The molecule has 0 saturated carbocycles. The molecule has 0 fully saturated rings. The molecule has 0 aliphatic carbocycles. The number of alkyl halides is 3. The summed E-state index contributed by atoms with van der Waals surface area (Å²) in [4.78, 5) is 13.7. The highest BCUT2D eigenvalue weighted by Crippen LogP contribution is 2.37. The van der Waals surface area contributed by atoms with Crippen molar-refractivity contribution in [1.82, 2.24) is 10.3 Å². The molecule has 2 aliphatic heterocycles. The average molecular weight is 470 g/mol. The number of allylic oxidation sites excluding steroid dienone is 2. The lowest BCUT2D eigenvalue weighted by atomic mass is 10.0. The fourth-order valence-electron chi connectivity index (χ4n) is 4.23. The maximum atomic E-state index is 13.7. The minimum atomic E-state index is -4.54. The highest BCUT2D eigenvalue weighted by molar-refractivity contribution is 5.97. The van der Waals surface area contributed by atoms with Crippen molar-refractivity contribution >= 4 is 12.0 Å². The topological polar surface area (TPSA) is 53.9 Å². The van der Waals surface area contributed by atoms with Crippen LogP contribution in [0.4, 0.5) is 13.2 Å². The fourth-order valence-corrected chi connectivity index (χ4v) is 4.23. The molecule has 0 unspecified atom stereocenters. The van der Waals surface area contributed by atoms with Gasteiger partial charge in [0.1, 0.15) is 11.3 Å². The molecule has 0 atom stereocenters. The van der Waals surface area contributed by atoms with Gasteiger partial charge in [-0.15, -0.1) is 0 Å². The van der Waals surface area contributed by atoms with Gasteiger partial charge in [0.2, 0.25) is 0 Å². The van der Waals surface area contributed by atoms with Crippen molar-refractivity contribution in [2.24, 2.45) is 11.0 Å². The summed E-state index contributed by atoms with van der Waals surface area (Å²) in [5, 5.41) is 3.83. The number of nitrogens with zero attached hydrogens (tertiary/aromatic N) is 2. The van der Waals surface area contributed by atoms with Gasteiger partial charge in [0.05, 0.1) is 24.2 Å². The van der Waals surface area contributed by atoms with Crippen LogP contribution in [0.5, 0.6) is 5.75 Å². The van der Waals surface area contributed by atoms with Gasteiger partial charge >= 0.3 is 6.18 Å². The molecular formula is C26H26F3N3O2. The first-order chi connectivity index (χ1) is 16.1.